The zero-order chi connectivity index (χ0) is 68.4. The first kappa shape index (κ1) is 91.2. The monoisotopic (exact) mass is 1330 g/mol. The molecule has 0 saturated heterocycles. The van der Waals surface area contributed by atoms with Gasteiger partial charge in [-0.2, -0.15) is 0 Å². The van der Waals surface area contributed by atoms with Gasteiger partial charge < -0.3 is 46.6 Å². The summed E-state index contributed by atoms with van der Waals surface area (Å²) in [5.74, 6) is 0.385. The van der Waals surface area contributed by atoms with Crippen LogP contribution in [0.25, 0.3) is 0 Å². The molecule has 6 N–H and O–H groups in total. The highest BCUT2D eigenvalue weighted by Gasteiger charge is 2.16. The Morgan fingerprint density at radius 2 is 0.330 bits per heavy atom. The normalized spacial score (nSPS) is 11.6. The predicted octanol–water partition coefficient (Wildman–Crippen LogP) is 18.2. The van der Waals surface area contributed by atoms with Crippen molar-refractivity contribution in [1.82, 2.24) is 46.6 Å². The van der Waals surface area contributed by atoms with Crippen LogP contribution in [-0.2, 0) is 24.0 Å². The van der Waals surface area contributed by atoms with Crippen LogP contribution in [-0.4, -0.2) is 149 Å². The maximum atomic E-state index is 13.4. The summed E-state index contributed by atoms with van der Waals surface area (Å²) in [5.41, 5.74) is 0. The van der Waals surface area contributed by atoms with Crippen molar-refractivity contribution in [3.8, 4) is 0 Å². The Morgan fingerprint density at radius 1 is 0.181 bits per heavy atom. The van der Waals surface area contributed by atoms with Gasteiger partial charge in [-0.25, -0.2) is 0 Å². The van der Waals surface area contributed by atoms with Crippen LogP contribution in [0.15, 0.2) is 0 Å². The molecule has 0 aromatic carbocycles. The summed E-state index contributed by atoms with van der Waals surface area (Å²) in [7, 11) is 0. The van der Waals surface area contributed by atoms with E-state index in [1.807, 2.05) is 0 Å². The van der Waals surface area contributed by atoms with E-state index in [1.54, 1.807) is 0 Å². The van der Waals surface area contributed by atoms with E-state index in [1.165, 1.54) is 250 Å². The molecule has 0 aliphatic heterocycles. The number of hydrogen-bond donors (Lipinski definition) is 6. The van der Waals surface area contributed by atoms with Gasteiger partial charge in [0.2, 0.25) is 29.5 Å². The number of unbranched alkanes of at least 4 members (excludes halogenated alkanes) is 44. The summed E-state index contributed by atoms with van der Waals surface area (Å²) in [6.07, 6.45) is 63.9. The first-order chi connectivity index (χ1) is 46.2. The van der Waals surface area contributed by atoms with E-state index in [2.05, 4.69) is 81.2 Å². The Morgan fingerprint density at radius 3 is 0.511 bits per heavy atom. The molecule has 0 unspecified atom stereocenters. The molecule has 14 heteroatoms. The zero-order valence-electron chi connectivity index (χ0n) is 63.4. The largest absolute Gasteiger partial charge is 0.356 e. The van der Waals surface area contributed by atoms with Crippen LogP contribution in [0.2, 0.25) is 0 Å². The van der Waals surface area contributed by atoms with Gasteiger partial charge in [-0.1, -0.05) is 317 Å². The molecule has 5 amide bonds. The Kier molecular flexibility index (Phi) is 73.7. The quantitative estimate of drug-likeness (QED) is 0.0325. The van der Waals surface area contributed by atoms with Crippen molar-refractivity contribution >= 4 is 29.5 Å². The van der Waals surface area contributed by atoms with Crippen LogP contribution in [0.1, 0.15) is 381 Å². The van der Waals surface area contributed by atoms with Gasteiger partial charge in [0.15, 0.2) is 0 Å². The lowest BCUT2D eigenvalue weighted by molar-refractivity contribution is -0.123. The van der Waals surface area contributed by atoms with Crippen LogP contribution in [0.3, 0.4) is 0 Å². The summed E-state index contributed by atoms with van der Waals surface area (Å²) in [6, 6.07) is 0. The van der Waals surface area contributed by atoms with Gasteiger partial charge in [-0.3, -0.25) is 24.0 Å². The molecule has 0 rings (SSSR count). The summed E-state index contributed by atoms with van der Waals surface area (Å²) < 4.78 is 0. The second-order valence-electron chi connectivity index (χ2n) is 28.3. The number of carbonyl (C=O) groups is 5. The third-order valence-corrected chi connectivity index (χ3v) is 19.2. The number of amides is 5. The van der Waals surface area contributed by atoms with Crippen molar-refractivity contribution in [3.05, 3.63) is 0 Å². The van der Waals surface area contributed by atoms with Crippen molar-refractivity contribution in [2.24, 2.45) is 0 Å². The minimum Gasteiger partial charge on any atom is -0.356 e. The van der Waals surface area contributed by atoms with Crippen molar-refractivity contribution in [1.29, 1.82) is 0 Å². The first-order valence-corrected chi connectivity index (χ1v) is 41.4. The maximum Gasteiger partial charge on any atom is 0.221 e. The smallest absolute Gasteiger partial charge is 0.221 e. The summed E-state index contributed by atoms with van der Waals surface area (Å²) in [4.78, 5) is 73.2. The second kappa shape index (κ2) is 76.0. The second-order valence-corrected chi connectivity index (χ2v) is 28.3. The highest BCUT2D eigenvalue weighted by molar-refractivity contribution is 5.77. The summed E-state index contributed by atoms with van der Waals surface area (Å²) in [5, 5.41) is 19.7. The van der Waals surface area contributed by atoms with Gasteiger partial charge in [0.25, 0.3) is 0 Å². The fourth-order valence-corrected chi connectivity index (χ4v) is 12.7. The lowest BCUT2D eigenvalue weighted by Gasteiger charge is -2.28. The molecule has 0 bridgehead atoms. The molecule has 0 aliphatic carbocycles. The van der Waals surface area contributed by atoms with Crippen LogP contribution in [0.4, 0.5) is 0 Å². The van der Waals surface area contributed by atoms with E-state index in [0.717, 1.165) is 96.9 Å². The Bertz CT molecular complexity index is 1580. The Balaban J connectivity index is 5.83. The topological polar surface area (TPSA) is 167 Å². The van der Waals surface area contributed by atoms with E-state index >= 15 is 0 Å². The van der Waals surface area contributed by atoms with Crippen molar-refractivity contribution in [3.63, 3.8) is 0 Å². The molecule has 0 spiro atoms. The van der Waals surface area contributed by atoms with Crippen LogP contribution >= 0.6 is 0 Å². The van der Waals surface area contributed by atoms with E-state index in [0.29, 0.717) is 104 Å². The average Bonchev–Trinajstić information content (AvgIpc) is 3.66. The standard InChI is InChI=1S/C80H161N9O5/c1-6-11-16-21-26-31-36-41-46-51-61-83-77(91)56-68-87(67-55-76(90)82-60-50-45-40-35-30-25-20-15-10-5)72-65-81-66-73-89(71-59-80(94)86-64-54-49-44-39-34-29-24-19-14-9-4)75-74-88(69-57-78(92)84-62-52-47-42-37-32-27-22-17-12-7-2)70-58-79(93)85-63-53-48-43-38-33-28-23-18-13-8-3/h81H,6-75H2,1-5H3,(H,82,90)(H,83,91)(H,84,92)(H,85,93)(H,86,94). The zero-order valence-corrected chi connectivity index (χ0v) is 63.4. The molecule has 0 radical (unpaired) electrons. The Hall–Kier alpha value is -2.81. The number of carbonyl (C=O) groups excluding carboxylic acids is 5. The third kappa shape index (κ3) is 70.5. The number of hydrogen-bond acceptors (Lipinski definition) is 9. The van der Waals surface area contributed by atoms with Crippen LogP contribution in [0.5, 0.6) is 0 Å². The molecule has 0 aromatic rings. The molecule has 556 valence electrons. The lowest BCUT2D eigenvalue weighted by Crippen LogP contribution is -2.43. The minimum atomic E-state index is 0.0696. The molecule has 0 aromatic heterocycles. The number of rotatable bonds is 78. The van der Waals surface area contributed by atoms with Crippen LogP contribution in [0, 0.1) is 0 Å². The van der Waals surface area contributed by atoms with Gasteiger partial charge in [-0.05, 0) is 32.1 Å². The molecular formula is C80H161N9O5. The summed E-state index contributed by atoms with van der Waals surface area (Å²) in [6.45, 7) is 22.1. The SMILES string of the molecule is CCCCCCCCCCCCNC(=O)CCN(CCNCCN(CCC(=O)NCCCCCCCCCCCC)CCN(CCC(=O)NCCCCCCCCCCCC)CCC(=O)NCCCCCCCCCCCC)CCC(=O)NCCCCCCCCCCC. The van der Waals surface area contributed by atoms with Crippen LogP contribution < -0.4 is 31.9 Å². The molecule has 0 aliphatic rings. The highest BCUT2D eigenvalue weighted by atomic mass is 16.2. The molecule has 94 heavy (non-hydrogen) atoms. The highest BCUT2D eigenvalue weighted by Crippen LogP contribution is 2.15. The molecule has 0 saturated carbocycles. The van der Waals surface area contributed by atoms with E-state index in [-0.39, 0.29) is 29.5 Å². The van der Waals surface area contributed by atoms with Crippen molar-refractivity contribution in [2.75, 3.05) is 105 Å². The van der Waals surface area contributed by atoms with Gasteiger partial charge in [0.1, 0.15) is 0 Å². The molecular weight excluding hydrogens is 1170 g/mol. The summed E-state index contributed by atoms with van der Waals surface area (Å²) >= 11 is 0. The molecule has 14 nitrogen and oxygen atoms in total. The van der Waals surface area contributed by atoms with Crippen molar-refractivity contribution < 1.29 is 24.0 Å². The first-order valence-electron chi connectivity index (χ1n) is 41.4. The van der Waals surface area contributed by atoms with Gasteiger partial charge >= 0.3 is 0 Å². The minimum absolute atomic E-state index is 0.0696. The fourth-order valence-electron chi connectivity index (χ4n) is 12.7. The molecule has 0 fully saturated rings. The Labute approximate surface area is 583 Å². The van der Waals surface area contributed by atoms with Gasteiger partial charge in [-0.15, -0.1) is 0 Å². The van der Waals surface area contributed by atoms with Gasteiger partial charge in [0.05, 0.1) is 0 Å². The van der Waals surface area contributed by atoms with E-state index in [9.17, 15) is 24.0 Å². The number of nitrogens with zero attached hydrogens (tertiary/aromatic N) is 3. The molecule has 0 heterocycles. The predicted molar refractivity (Wildman–Crippen MR) is 405 cm³/mol. The fraction of sp³-hybridized carbons (Fsp3) is 0.938. The number of nitrogens with one attached hydrogen (secondary N) is 6. The van der Waals surface area contributed by atoms with Crippen molar-refractivity contribution in [2.45, 2.75) is 381 Å². The maximum absolute atomic E-state index is 13.4. The van der Waals surface area contributed by atoms with E-state index < -0.39 is 0 Å². The van der Waals surface area contributed by atoms with E-state index in [4.69, 9.17) is 0 Å². The molecule has 0 atom stereocenters. The average molecular weight is 1330 g/mol. The van der Waals surface area contributed by atoms with Gasteiger partial charge in [0, 0.05) is 137 Å². The third-order valence-electron chi connectivity index (χ3n) is 19.2. The lowest BCUT2D eigenvalue weighted by atomic mass is 10.1.